The first-order chi connectivity index (χ1) is 7.00. The van der Waals surface area contributed by atoms with Crippen LogP contribution in [0.3, 0.4) is 0 Å². The molecule has 1 aromatic carbocycles. The van der Waals surface area contributed by atoms with Gasteiger partial charge in [-0.25, -0.2) is 4.39 Å². The molecule has 0 radical (unpaired) electrons. The van der Waals surface area contributed by atoms with E-state index in [-0.39, 0.29) is 5.82 Å². The van der Waals surface area contributed by atoms with Gasteiger partial charge in [0.15, 0.2) is 0 Å². The molecule has 0 bridgehead atoms. The van der Waals surface area contributed by atoms with Crippen LogP contribution < -0.4 is 11.1 Å². The molecule has 1 aromatic rings. The van der Waals surface area contributed by atoms with Crippen molar-refractivity contribution in [2.75, 3.05) is 0 Å². The maximum atomic E-state index is 13.1. The van der Waals surface area contributed by atoms with Gasteiger partial charge in [0.05, 0.1) is 10.5 Å². The van der Waals surface area contributed by atoms with Crippen molar-refractivity contribution < 1.29 is 9.18 Å². The smallest absolute Gasteiger partial charge is 0.234 e. The zero-order valence-electron chi connectivity index (χ0n) is 8.26. The van der Waals surface area contributed by atoms with E-state index >= 15 is 0 Å². The van der Waals surface area contributed by atoms with Crippen molar-refractivity contribution in [3.63, 3.8) is 0 Å². The normalized spacial score (nSPS) is 12.5. The summed E-state index contributed by atoms with van der Waals surface area (Å²) in [5, 5.41) is 2.89. The highest BCUT2D eigenvalue weighted by Gasteiger charge is 2.07. The maximum absolute atomic E-state index is 13.1. The summed E-state index contributed by atoms with van der Waals surface area (Å²) in [5.74, 6) is -0.742. The highest BCUT2D eigenvalue weighted by atomic mass is 79.9. The summed E-state index contributed by atoms with van der Waals surface area (Å²) in [4.78, 5) is 10.7. The number of halogens is 2. The van der Waals surface area contributed by atoms with Crippen LogP contribution in [0, 0.1) is 5.82 Å². The topological polar surface area (TPSA) is 55.1 Å². The van der Waals surface area contributed by atoms with E-state index in [1.165, 1.54) is 6.07 Å². The summed E-state index contributed by atoms with van der Waals surface area (Å²) in [6.45, 7) is 2.08. The maximum Gasteiger partial charge on any atom is 0.234 e. The SMILES string of the molecule is CC(NCc1ccc(Br)c(F)c1)C(N)=O. The lowest BCUT2D eigenvalue weighted by molar-refractivity contribution is -0.119. The Hall–Kier alpha value is -0.940. The molecule has 0 fully saturated rings. The standard InChI is InChI=1S/C10H12BrFN2O/c1-6(10(13)15)14-5-7-2-3-8(11)9(12)4-7/h2-4,6,14H,5H2,1H3,(H2,13,15). The van der Waals surface area contributed by atoms with Gasteiger partial charge in [0.25, 0.3) is 0 Å². The molecule has 1 amide bonds. The van der Waals surface area contributed by atoms with Crippen molar-refractivity contribution in [3.05, 3.63) is 34.1 Å². The van der Waals surface area contributed by atoms with Crippen LogP contribution >= 0.6 is 15.9 Å². The Labute approximate surface area is 96.0 Å². The molecule has 1 unspecified atom stereocenters. The minimum Gasteiger partial charge on any atom is -0.368 e. The number of hydrogen-bond donors (Lipinski definition) is 2. The minimum atomic E-state index is -0.424. The molecule has 5 heteroatoms. The third-order valence-corrected chi connectivity index (χ3v) is 2.67. The van der Waals surface area contributed by atoms with Crippen LogP contribution in [0.2, 0.25) is 0 Å². The number of carbonyl (C=O) groups excluding carboxylic acids is 1. The molecule has 0 aliphatic rings. The number of primary amides is 1. The van der Waals surface area contributed by atoms with E-state index in [4.69, 9.17) is 5.73 Å². The van der Waals surface area contributed by atoms with Crippen LogP contribution in [0.4, 0.5) is 4.39 Å². The summed E-state index contributed by atoms with van der Waals surface area (Å²) in [5.41, 5.74) is 5.84. The molecular weight excluding hydrogens is 263 g/mol. The number of carbonyl (C=O) groups is 1. The third-order valence-electron chi connectivity index (χ3n) is 2.02. The molecule has 0 saturated carbocycles. The first-order valence-corrected chi connectivity index (χ1v) is 5.26. The highest BCUT2D eigenvalue weighted by Crippen LogP contribution is 2.16. The van der Waals surface area contributed by atoms with Crippen molar-refractivity contribution in [3.8, 4) is 0 Å². The van der Waals surface area contributed by atoms with Gasteiger partial charge in [0.1, 0.15) is 5.82 Å². The molecule has 1 atom stereocenters. The largest absolute Gasteiger partial charge is 0.368 e. The van der Waals surface area contributed by atoms with Gasteiger partial charge in [0.2, 0.25) is 5.91 Å². The van der Waals surface area contributed by atoms with Crippen molar-refractivity contribution in [1.82, 2.24) is 5.32 Å². The van der Waals surface area contributed by atoms with Gasteiger partial charge >= 0.3 is 0 Å². The average molecular weight is 275 g/mol. The van der Waals surface area contributed by atoms with Gasteiger partial charge in [-0.15, -0.1) is 0 Å². The number of benzene rings is 1. The van der Waals surface area contributed by atoms with E-state index in [2.05, 4.69) is 21.2 Å². The molecular formula is C10H12BrFN2O. The van der Waals surface area contributed by atoms with Crippen molar-refractivity contribution in [2.45, 2.75) is 19.5 Å². The van der Waals surface area contributed by atoms with Crippen LogP contribution in [0.25, 0.3) is 0 Å². The van der Waals surface area contributed by atoms with Crippen LogP contribution in [0.1, 0.15) is 12.5 Å². The molecule has 1 rings (SSSR count). The van der Waals surface area contributed by atoms with E-state index in [1.54, 1.807) is 19.1 Å². The first kappa shape index (κ1) is 12.1. The van der Waals surface area contributed by atoms with Gasteiger partial charge in [0, 0.05) is 6.54 Å². The molecule has 0 saturated heterocycles. The quantitative estimate of drug-likeness (QED) is 0.876. The Kier molecular flexibility index (Phi) is 4.23. The number of amides is 1. The molecule has 0 spiro atoms. The first-order valence-electron chi connectivity index (χ1n) is 4.47. The predicted octanol–water partition coefficient (Wildman–Crippen LogP) is 1.55. The van der Waals surface area contributed by atoms with Gasteiger partial charge in [-0.05, 0) is 40.5 Å². The van der Waals surface area contributed by atoms with E-state index in [1.807, 2.05) is 0 Å². The molecule has 0 aliphatic carbocycles. The van der Waals surface area contributed by atoms with Crippen LogP contribution in [-0.2, 0) is 11.3 Å². The summed E-state index contributed by atoms with van der Waals surface area (Å²) in [6, 6.07) is 4.39. The lowest BCUT2D eigenvalue weighted by Crippen LogP contribution is -2.38. The predicted molar refractivity (Wildman–Crippen MR) is 59.6 cm³/mol. The molecule has 3 nitrogen and oxygen atoms in total. The molecule has 82 valence electrons. The summed E-state index contributed by atoms with van der Waals surface area (Å²) < 4.78 is 13.5. The summed E-state index contributed by atoms with van der Waals surface area (Å²) in [7, 11) is 0. The number of nitrogens with two attached hydrogens (primary N) is 1. The van der Waals surface area contributed by atoms with E-state index in [0.717, 1.165) is 5.56 Å². The van der Waals surface area contributed by atoms with Crippen LogP contribution in [0.5, 0.6) is 0 Å². The Morgan fingerprint density at radius 3 is 2.87 bits per heavy atom. The fraction of sp³-hybridized carbons (Fsp3) is 0.300. The van der Waals surface area contributed by atoms with Gasteiger partial charge in [-0.3, -0.25) is 4.79 Å². The fourth-order valence-electron chi connectivity index (χ4n) is 1.02. The Balaban J connectivity index is 2.58. The molecule has 0 aromatic heterocycles. The van der Waals surface area contributed by atoms with E-state index < -0.39 is 11.9 Å². The zero-order chi connectivity index (χ0) is 11.4. The fourth-order valence-corrected chi connectivity index (χ4v) is 1.27. The number of nitrogens with one attached hydrogen (secondary N) is 1. The second-order valence-electron chi connectivity index (χ2n) is 3.25. The molecule has 0 aliphatic heterocycles. The van der Waals surface area contributed by atoms with Crippen LogP contribution in [-0.4, -0.2) is 11.9 Å². The lowest BCUT2D eigenvalue weighted by atomic mass is 10.2. The van der Waals surface area contributed by atoms with Crippen molar-refractivity contribution >= 4 is 21.8 Å². The average Bonchev–Trinajstić information content (AvgIpc) is 2.19. The Morgan fingerprint density at radius 2 is 2.33 bits per heavy atom. The molecule has 15 heavy (non-hydrogen) atoms. The van der Waals surface area contributed by atoms with E-state index in [0.29, 0.717) is 11.0 Å². The molecule has 0 heterocycles. The second kappa shape index (κ2) is 5.23. The van der Waals surface area contributed by atoms with Gasteiger partial charge < -0.3 is 11.1 Å². The van der Waals surface area contributed by atoms with Crippen molar-refractivity contribution in [1.29, 1.82) is 0 Å². The van der Waals surface area contributed by atoms with Crippen molar-refractivity contribution in [2.24, 2.45) is 5.73 Å². The number of hydrogen-bond acceptors (Lipinski definition) is 2. The molecule has 3 N–H and O–H groups in total. The number of rotatable bonds is 4. The highest BCUT2D eigenvalue weighted by molar-refractivity contribution is 9.10. The Morgan fingerprint density at radius 1 is 1.67 bits per heavy atom. The summed E-state index contributed by atoms with van der Waals surface area (Å²) >= 11 is 3.06. The summed E-state index contributed by atoms with van der Waals surface area (Å²) in [6.07, 6.45) is 0. The Bertz CT molecular complexity index is 370. The minimum absolute atomic E-state index is 0.318. The third kappa shape index (κ3) is 3.60. The zero-order valence-corrected chi connectivity index (χ0v) is 9.84. The van der Waals surface area contributed by atoms with Crippen LogP contribution in [0.15, 0.2) is 22.7 Å². The van der Waals surface area contributed by atoms with E-state index in [9.17, 15) is 9.18 Å². The lowest BCUT2D eigenvalue weighted by Gasteiger charge is -2.10. The van der Waals surface area contributed by atoms with Gasteiger partial charge in [-0.2, -0.15) is 0 Å². The monoisotopic (exact) mass is 274 g/mol. The van der Waals surface area contributed by atoms with Gasteiger partial charge in [-0.1, -0.05) is 6.07 Å². The second-order valence-corrected chi connectivity index (χ2v) is 4.11.